The summed E-state index contributed by atoms with van der Waals surface area (Å²) in [7, 11) is -3.87. The van der Waals surface area contributed by atoms with Crippen molar-refractivity contribution in [3.05, 3.63) is 92.5 Å². The molecule has 3 rings (SSSR count). The maximum absolute atomic E-state index is 12.9. The number of hydrogen-bond acceptors (Lipinski definition) is 3. The predicted molar refractivity (Wildman–Crippen MR) is 126 cm³/mol. The van der Waals surface area contributed by atoms with Crippen LogP contribution in [-0.4, -0.2) is 20.4 Å². The molecule has 0 unspecified atom stereocenters. The summed E-state index contributed by atoms with van der Waals surface area (Å²) in [5, 5.41) is 2.80. The summed E-state index contributed by atoms with van der Waals surface area (Å²) in [4.78, 5) is 13.0. The van der Waals surface area contributed by atoms with E-state index in [2.05, 4.69) is 48.6 Å². The van der Waals surface area contributed by atoms with Gasteiger partial charge in [-0.25, -0.2) is 8.42 Å². The fourth-order valence-electron chi connectivity index (χ4n) is 2.67. The first-order chi connectivity index (χ1) is 13.8. The molecule has 29 heavy (non-hydrogen) atoms. The average Bonchev–Trinajstić information content (AvgIpc) is 2.70. The average molecular weight is 585 g/mol. The third-order valence-corrected chi connectivity index (χ3v) is 6.87. The fraction of sp³-hybridized carbons (Fsp3) is 0.0952. The van der Waals surface area contributed by atoms with Gasteiger partial charge in [0.05, 0.1) is 4.90 Å². The van der Waals surface area contributed by atoms with E-state index in [0.29, 0.717) is 5.69 Å². The van der Waals surface area contributed by atoms with E-state index in [4.69, 9.17) is 0 Å². The second-order valence-corrected chi connectivity index (χ2v) is 10.2. The number of halogens is 2. The fourth-order valence-corrected chi connectivity index (χ4v) is 4.49. The van der Waals surface area contributed by atoms with Crippen molar-refractivity contribution in [2.24, 2.45) is 0 Å². The van der Waals surface area contributed by atoms with Gasteiger partial charge in [-0.15, -0.1) is 0 Å². The molecule has 0 saturated carbocycles. The number of rotatable bonds is 7. The number of hydrogen-bond donors (Lipinski definition) is 2. The Morgan fingerprint density at radius 3 is 2.17 bits per heavy atom. The topological polar surface area (TPSA) is 75.3 Å². The van der Waals surface area contributed by atoms with Crippen LogP contribution < -0.4 is 10.0 Å². The Morgan fingerprint density at radius 1 is 0.931 bits per heavy atom. The predicted octanol–water partition coefficient (Wildman–Crippen LogP) is 4.58. The molecule has 0 spiro atoms. The summed E-state index contributed by atoms with van der Waals surface area (Å²) >= 11 is 5.47. The number of carbonyl (C=O) groups is 1. The van der Waals surface area contributed by atoms with Gasteiger partial charge in [-0.2, -0.15) is 4.72 Å². The van der Waals surface area contributed by atoms with Crippen molar-refractivity contribution in [3.63, 3.8) is 0 Å². The lowest BCUT2D eigenvalue weighted by Crippen LogP contribution is -2.45. The van der Waals surface area contributed by atoms with Gasteiger partial charge in [-0.3, -0.25) is 4.79 Å². The molecule has 0 aliphatic heterocycles. The monoisotopic (exact) mass is 584 g/mol. The maximum Gasteiger partial charge on any atom is 0.242 e. The minimum Gasteiger partial charge on any atom is -0.325 e. The van der Waals surface area contributed by atoms with Gasteiger partial charge in [0.1, 0.15) is 6.04 Å². The Morgan fingerprint density at radius 2 is 1.55 bits per heavy atom. The Bertz CT molecular complexity index is 1070. The van der Waals surface area contributed by atoms with Gasteiger partial charge in [0, 0.05) is 13.7 Å². The van der Waals surface area contributed by atoms with Crippen molar-refractivity contribution in [3.8, 4) is 0 Å². The van der Waals surface area contributed by atoms with Crippen molar-refractivity contribution in [1.82, 2.24) is 4.72 Å². The minimum absolute atomic E-state index is 0.0980. The van der Waals surface area contributed by atoms with E-state index in [-0.39, 0.29) is 11.3 Å². The molecule has 0 fully saturated rings. The first kappa shape index (κ1) is 21.9. The molecule has 2 N–H and O–H groups in total. The highest BCUT2D eigenvalue weighted by molar-refractivity contribution is 14.1. The van der Waals surface area contributed by atoms with Gasteiger partial charge in [0.25, 0.3) is 0 Å². The quantitative estimate of drug-likeness (QED) is 0.399. The van der Waals surface area contributed by atoms with Gasteiger partial charge >= 0.3 is 0 Å². The molecule has 150 valence electrons. The molecule has 0 aromatic heterocycles. The number of amides is 1. The van der Waals surface area contributed by atoms with E-state index in [1.165, 1.54) is 12.1 Å². The summed E-state index contributed by atoms with van der Waals surface area (Å²) in [6.45, 7) is 0. The molecule has 1 amide bonds. The number of sulfonamides is 1. The van der Waals surface area contributed by atoms with E-state index < -0.39 is 22.0 Å². The van der Waals surface area contributed by atoms with E-state index in [0.717, 1.165) is 13.6 Å². The lowest BCUT2D eigenvalue weighted by molar-refractivity contribution is -0.117. The Balaban J connectivity index is 1.84. The second-order valence-electron chi connectivity index (χ2n) is 6.31. The van der Waals surface area contributed by atoms with Gasteiger partial charge in [0.2, 0.25) is 15.9 Å². The van der Waals surface area contributed by atoms with Crippen LogP contribution in [0.4, 0.5) is 5.69 Å². The SMILES string of the molecule is O=C(Nc1ccc(I)cc1)[C@@H](Cc1ccccc1)NS(=O)(=O)c1ccc(Br)cc1. The van der Waals surface area contributed by atoms with Gasteiger partial charge in [0.15, 0.2) is 0 Å². The summed E-state index contributed by atoms with van der Waals surface area (Å²) < 4.78 is 30.0. The van der Waals surface area contributed by atoms with Crippen LogP contribution in [-0.2, 0) is 21.2 Å². The van der Waals surface area contributed by atoms with E-state index in [9.17, 15) is 13.2 Å². The zero-order valence-electron chi connectivity index (χ0n) is 15.2. The summed E-state index contributed by atoms with van der Waals surface area (Å²) in [6.07, 6.45) is 0.229. The normalized spacial score (nSPS) is 12.3. The van der Waals surface area contributed by atoms with E-state index >= 15 is 0 Å². The minimum atomic E-state index is -3.87. The standard InChI is InChI=1S/C21H18BrIN2O3S/c22-16-6-12-19(13-7-16)29(27,28)25-20(14-15-4-2-1-3-5-15)21(26)24-18-10-8-17(23)9-11-18/h1-13,20,25H,14H2,(H,24,26)/t20-/m1/s1. The van der Waals surface area contributed by atoms with Crippen molar-refractivity contribution in [2.45, 2.75) is 17.4 Å². The molecule has 0 radical (unpaired) electrons. The highest BCUT2D eigenvalue weighted by Crippen LogP contribution is 2.17. The van der Waals surface area contributed by atoms with Crippen molar-refractivity contribution in [1.29, 1.82) is 0 Å². The molecule has 5 nitrogen and oxygen atoms in total. The summed E-state index contributed by atoms with van der Waals surface area (Å²) in [5.41, 5.74) is 1.46. The maximum atomic E-state index is 12.9. The molecular formula is C21H18BrIN2O3S. The molecule has 0 saturated heterocycles. The molecule has 8 heteroatoms. The molecule has 0 aliphatic carbocycles. The first-order valence-electron chi connectivity index (χ1n) is 8.72. The number of anilines is 1. The van der Waals surface area contributed by atoms with Crippen molar-refractivity contribution in [2.75, 3.05) is 5.32 Å². The van der Waals surface area contributed by atoms with Crippen LogP contribution in [0.1, 0.15) is 5.56 Å². The Hall–Kier alpha value is -1.75. The number of benzene rings is 3. The second kappa shape index (κ2) is 9.84. The summed E-state index contributed by atoms with van der Waals surface area (Å²) in [5.74, 6) is -0.421. The highest BCUT2D eigenvalue weighted by atomic mass is 127. The molecule has 0 aliphatic rings. The zero-order chi connectivity index (χ0) is 20.9. The Labute approximate surface area is 192 Å². The van der Waals surface area contributed by atoms with Crippen molar-refractivity contribution < 1.29 is 13.2 Å². The molecule has 3 aromatic carbocycles. The van der Waals surface area contributed by atoms with Crippen LogP contribution >= 0.6 is 38.5 Å². The lowest BCUT2D eigenvalue weighted by atomic mass is 10.1. The number of carbonyl (C=O) groups excluding carboxylic acids is 1. The summed E-state index contributed by atoms with van der Waals surface area (Å²) in [6, 6.07) is 21.9. The van der Waals surface area contributed by atoms with Crippen LogP contribution in [0, 0.1) is 3.57 Å². The molecular weight excluding hydrogens is 567 g/mol. The van der Waals surface area contributed by atoms with Crippen molar-refractivity contribution >= 4 is 60.1 Å². The molecule has 0 heterocycles. The third-order valence-electron chi connectivity index (χ3n) is 4.13. The third kappa shape index (κ3) is 6.36. The first-order valence-corrected chi connectivity index (χ1v) is 12.1. The zero-order valence-corrected chi connectivity index (χ0v) is 19.7. The lowest BCUT2D eigenvalue weighted by Gasteiger charge is -2.19. The highest BCUT2D eigenvalue weighted by Gasteiger charge is 2.26. The van der Waals surface area contributed by atoms with Crippen LogP contribution in [0.2, 0.25) is 0 Å². The van der Waals surface area contributed by atoms with E-state index in [1.54, 1.807) is 24.3 Å². The number of nitrogens with one attached hydrogen (secondary N) is 2. The van der Waals surface area contributed by atoms with Crippen LogP contribution in [0.5, 0.6) is 0 Å². The van der Waals surface area contributed by atoms with Crippen LogP contribution in [0.25, 0.3) is 0 Å². The van der Waals surface area contributed by atoms with Gasteiger partial charge < -0.3 is 5.32 Å². The van der Waals surface area contributed by atoms with Gasteiger partial charge in [-0.05, 0) is 83.1 Å². The Kier molecular flexibility index (Phi) is 7.44. The largest absolute Gasteiger partial charge is 0.325 e. The smallest absolute Gasteiger partial charge is 0.242 e. The van der Waals surface area contributed by atoms with E-state index in [1.807, 2.05) is 42.5 Å². The molecule has 3 aromatic rings. The van der Waals surface area contributed by atoms with Crippen LogP contribution in [0.3, 0.4) is 0 Å². The van der Waals surface area contributed by atoms with Gasteiger partial charge in [-0.1, -0.05) is 46.3 Å². The molecule has 0 bridgehead atoms. The van der Waals surface area contributed by atoms with Crippen LogP contribution in [0.15, 0.2) is 88.2 Å². The molecule has 1 atom stereocenters.